The van der Waals surface area contributed by atoms with Crippen molar-refractivity contribution in [2.45, 2.75) is 33.6 Å². The Morgan fingerprint density at radius 2 is 1.64 bits per heavy atom. The second kappa shape index (κ2) is 6.68. The van der Waals surface area contributed by atoms with Crippen molar-refractivity contribution in [3.63, 3.8) is 0 Å². The van der Waals surface area contributed by atoms with Gasteiger partial charge in [-0.15, -0.1) is 0 Å². The number of carbonyl (C=O) groups excluding carboxylic acids is 1. The standard InChI is InChI=1S/C23H20O5/c1-12-16(9-10-19(24)25)23(26)28-21-13(2)22-18(11-17(12)21)20(14(3)27-22)15-7-5-4-6-8-15/h4-8,11H,9-10H2,1-3H3,(H,24,25)/p-1. The summed E-state index contributed by atoms with van der Waals surface area (Å²) in [6.45, 7) is 5.61. The van der Waals surface area contributed by atoms with Crippen LogP contribution in [0.4, 0.5) is 0 Å². The Labute approximate surface area is 161 Å². The van der Waals surface area contributed by atoms with E-state index in [0.717, 1.165) is 38.8 Å². The maximum Gasteiger partial charge on any atom is 0.339 e. The minimum atomic E-state index is -1.19. The number of carboxylic acids is 1. The van der Waals surface area contributed by atoms with Gasteiger partial charge in [0.05, 0.1) is 0 Å². The fourth-order valence-electron chi connectivity index (χ4n) is 3.85. The van der Waals surface area contributed by atoms with Gasteiger partial charge >= 0.3 is 5.63 Å². The molecule has 0 radical (unpaired) electrons. The van der Waals surface area contributed by atoms with E-state index in [1.165, 1.54) is 0 Å². The van der Waals surface area contributed by atoms with Crippen LogP contribution in [-0.2, 0) is 11.2 Å². The van der Waals surface area contributed by atoms with E-state index in [4.69, 9.17) is 8.83 Å². The summed E-state index contributed by atoms with van der Waals surface area (Å²) in [5.74, 6) is -0.404. The van der Waals surface area contributed by atoms with E-state index in [0.29, 0.717) is 16.7 Å². The fourth-order valence-corrected chi connectivity index (χ4v) is 3.85. The predicted octanol–water partition coefficient (Wildman–Crippen LogP) is 3.81. The summed E-state index contributed by atoms with van der Waals surface area (Å²) in [4.78, 5) is 23.3. The first-order chi connectivity index (χ1) is 13.4. The lowest BCUT2D eigenvalue weighted by Crippen LogP contribution is -2.24. The first-order valence-corrected chi connectivity index (χ1v) is 9.12. The SMILES string of the molecule is Cc1oc2c(C)c3oc(=O)c(CCC(=O)[O-])c(C)c3cc2c1-c1ccccc1. The molecule has 142 valence electrons. The third-order valence-electron chi connectivity index (χ3n) is 5.28. The number of carboxylic acid groups (broad SMARTS) is 1. The Kier molecular flexibility index (Phi) is 4.30. The van der Waals surface area contributed by atoms with Gasteiger partial charge in [0.15, 0.2) is 0 Å². The molecule has 4 aromatic rings. The molecule has 0 aliphatic heterocycles. The summed E-state index contributed by atoms with van der Waals surface area (Å²) >= 11 is 0. The van der Waals surface area contributed by atoms with Crippen LogP contribution in [0.15, 0.2) is 50.0 Å². The molecule has 0 bridgehead atoms. The van der Waals surface area contributed by atoms with E-state index in [2.05, 4.69) is 0 Å². The molecule has 0 unspecified atom stereocenters. The number of aryl methyl sites for hydroxylation is 3. The van der Waals surface area contributed by atoms with E-state index < -0.39 is 11.6 Å². The van der Waals surface area contributed by atoms with Crippen LogP contribution in [0.5, 0.6) is 0 Å². The molecule has 2 aromatic heterocycles. The monoisotopic (exact) mass is 375 g/mol. The smallest absolute Gasteiger partial charge is 0.339 e. The highest BCUT2D eigenvalue weighted by atomic mass is 16.4. The molecule has 5 heteroatoms. The van der Waals surface area contributed by atoms with Crippen molar-refractivity contribution in [1.82, 2.24) is 0 Å². The summed E-state index contributed by atoms with van der Waals surface area (Å²) < 4.78 is 11.6. The van der Waals surface area contributed by atoms with Crippen LogP contribution in [0.2, 0.25) is 0 Å². The van der Waals surface area contributed by atoms with Crippen molar-refractivity contribution in [3.8, 4) is 11.1 Å². The Morgan fingerprint density at radius 1 is 0.964 bits per heavy atom. The van der Waals surface area contributed by atoms with E-state index >= 15 is 0 Å². The minimum absolute atomic E-state index is 0.0828. The zero-order chi connectivity index (χ0) is 20.0. The number of fused-ring (bicyclic) bond motifs is 2. The van der Waals surface area contributed by atoms with Crippen molar-refractivity contribution in [2.75, 3.05) is 0 Å². The van der Waals surface area contributed by atoms with Gasteiger partial charge in [-0.2, -0.15) is 0 Å². The van der Waals surface area contributed by atoms with Crippen LogP contribution in [0.1, 0.15) is 28.9 Å². The average Bonchev–Trinajstić information content (AvgIpc) is 2.99. The van der Waals surface area contributed by atoms with E-state index in [9.17, 15) is 14.7 Å². The van der Waals surface area contributed by atoms with Gasteiger partial charge in [0, 0.05) is 33.4 Å². The van der Waals surface area contributed by atoms with E-state index in [1.54, 1.807) is 0 Å². The van der Waals surface area contributed by atoms with Gasteiger partial charge in [0.2, 0.25) is 0 Å². The summed E-state index contributed by atoms with van der Waals surface area (Å²) in [6, 6.07) is 11.9. The molecule has 0 aliphatic carbocycles. The number of aliphatic carboxylic acids is 1. The van der Waals surface area contributed by atoms with Crippen LogP contribution < -0.4 is 10.7 Å². The molecule has 0 aliphatic rings. The molecular weight excluding hydrogens is 356 g/mol. The first-order valence-electron chi connectivity index (χ1n) is 9.12. The lowest BCUT2D eigenvalue weighted by atomic mass is 9.96. The Balaban J connectivity index is 2.05. The third-order valence-corrected chi connectivity index (χ3v) is 5.28. The molecule has 5 nitrogen and oxygen atoms in total. The van der Waals surface area contributed by atoms with Gasteiger partial charge in [-0.1, -0.05) is 30.3 Å². The quantitative estimate of drug-likeness (QED) is 0.507. The van der Waals surface area contributed by atoms with Crippen molar-refractivity contribution in [3.05, 3.63) is 69.3 Å². The molecule has 0 saturated heterocycles. The van der Waals surface area contributed by atoms with E-state index in [1.807, 2.05) is 57.2 Å². The highest BCUT2D eigenvalue weighted by molar-refractivity contribution is 6.05. The van der Waals surface area contributed by atoms with Crippen molar-refractivity contribution >= 4 is 27.9 Å². The number of hydrogen-bond acceptors (Lipinski definition) is 5. The van der Waals surface area contributed by atoms with Crippen LogP contribution >= 0.6 is 0 Å². The highest BCUT2D eigenvalue weighted by Gasteiger charge is 2.20. The molecule has 0 atom stereocenters. The Bertz CT molecular complexity index is 1280. The predicted molar refractivity (Wildman–Crippen MR) is 105 cm³/mol. The van der Waals surface area contributed by atoms with Crippen molar-refractivity contribution in [1.29, 1.82) is 0 Å². The lowest BCUT2D eigenvalue weighted by Gasteiger charge is -2.10. The summed E-state index contributed by atoms with van der Waals surface area (Å²) in [6.07, 6.45) is -0.141. The van der Waals surface area contributed by atoms with Crippen LogP contribution in [-0.4, -0.2) is 5.97 Å². The van der Waals surface area contributed by atoms with Gasteiger partial charge in [0.25, 0.3) is 0 Å². The molecule has 28 heavy (non-hydrogen) atoms. The number of benzene rings is 2. The lowest BCUT2D eigenvalue weighted by molar-refractivity contribution is -0.305. The van der Waals surface area contributed by atoms with Gasteiger partial charge < -0.3 is 18.7 Å². The number of rotatable bonds is 4. The molecule has 0 spiro atoms. The van der Waals surface area contributed by atoms with Crippen molar-refractivity contribution < 1.29 is 18.7 Å². The highest BCUT2D eigenvalue weighted by Crippen LogP contribution is 2.39. The summed E-state index contributed by atoms with van der Waals surface area (Å²) in [5, 5.41) is 12.6. The topological polar surface area (TPSA) is 83.5 Å². The maximum atomic E-state index is 12.4. The maximum absolute atomic E-state index is 12.4. The molecule has 0 saturated carbocycles. The zero-order valence-corrected chi connectivity index (χ0v) is 15.9. The average molecular weight is 375 g/mol. The Morgan fingerprint density at radius 3 is 2.32 bits per heavy atom. The minimum Gasteiger partial charge on any atom is -0.550 e. The number of hydrogen-bond donors (Lipinski definition) is 0. The molecular formula is C23H19O5-. The number of carbonyl (C=O) groups is 1. The molecule has 0 fully saturated rings. The molecule has 2 heterocycles. The third kappa shape index (κ3) is 2.80. The normalized spacial score (nSPS) is 11.4. The van der Waals surface area contributed by atoms with Gasteiger partial charge in [-0.3, -0.25) is 0 Å². The molecule has 0 N–H and O–H groups in total. The van der Waals surface area contributed by atoms with Crippen LogP contribution in [0, 0.1) is 20.8 Å². The molecule has 4 rings (SSSR count). The van der Waals surface area contributed by atoms with Gasteiger partial charge in [-0.05, 0) is 50.8 Å². The fraction of sp³-hybridized carbons (Fsp3) is 0.217. The zero-order valence-electron chi connectivity index (χ0n) is 15.9. The second-order valence-corrected chi connectivity index (χ2v) is 7.02. The summed E-state index contributed by atoms with van der Waals surface area (Å²) in [7, 11) is 0. The molecule has 0 amide bonds. The Hall–Kier alpha value is -3.34. The van der Waals surface area contributed by atoms with Crippen LogP contribution in [0.3, 0.4) is 0 Å². The largest absolute Gasteiger partial charge is 0.550 e. The van der Waals surface area contributed by atoms with Gasteiger partial charge in [0.1, 0.15) is 16.9 Å². The van der Waals surface area contributed by atoms with Crippen LogP contribution in [0.25, 0.3) is 33.1 Å². The first kappa shape index (κ1) is 18.0. The second-order valence-electron chi connectivity index (χ2n) is 7.02. The van der Waals surface area contributed by atoms with Crippen molar-refractivity contribution in [2.24, 2.45) is 0 Å². The number of furan rings is 1. The van der Waals surface area contributed by atoms with E-state index in [-0.39, 0.29) is 12.8 Å². The molecule has 2 aromatic carbocycles. The van der Waals surface area contributed by atoms with Gasteiger partial charge in [-0.25, -0.2) is 4.79 Å². The summed E-state index contributed by atoms with van der Waals surface area (Å²) in [5.41, 5.74) is 4.55.